The zero-order valence-corrected chi connectivity index (χ0v) is 15.1. The van der Waals surface area contributed by atoms with Crippen LogP contribution >= 0.6 is 0 Å². The molecule has 1 saturated heterocycles. The molecule has 1 unspecified atom stereocenters. The predicted octanol–water partition coefficient (Wildman–Crippen LogP) is 3.24. The van der Waals surface area contributed by atoms with E-state index in [2.05, 4.69) is 5.32 Å². The number of carbonyl (C=O) groups is 2. The summed E-state index contributed by atoms with van der Waals surface area (Å²) in [5, 5.41) is 14.1. The number of aliphatic carboxylic acids is 1. The van der Waals surface area contributed by atoms with Crippen LogP contribution in [0.2, 0.25) is 0 Å². The molecule has 0 aromatic heterocycles. The van der Waals surface area contributed by atoms with Crippen molar-refractivity contribution in [3.05, 3.63) is 42.0 Å². The molecule has 2 amide bonds. The number of benzene rings is 2. The minimum atomic E-state index is -0.845. The minimum absolute atomic E-state index is 0.0283. The van der Waals surface area contributed by atoms with E-state index in [1.54, 1.807) is 4.90 Å². The molecule has 1 aliphatic rings. The van der Waals surface area contributed by atoms with Gasteiger partial charge in [0.15, 0.2) is 0 Å². The summed E-state index contributed by atoms with van der Waals surface area (Å²) in [7, 11) is 0. The van der Waals surface area contributed by atoms with Crippen molar-refractivity contribution in [2.24, 2.45) is 5.92 Å². The van der Waals surface area contributed by atoms with Crippen LogP contribution in [0.5, 0.6) is 5.75 Å². The highest BCUT2D eigenvalue weighted by Crippen LogP contribution is 2.29. The predicted molar refractivity (Wildman–Crippen MR) is 99.3 cm³/mol. The summed E-state index contributed by atoms with van der Waals surface area (Å²) >= 11 is 0. The molecular formula is C20H24N2O4. The van der Waals surface area contributed by atoms with Crippen LogP contribution in [-0.4, -0.2) is 41.2 Å². The largest absolute Gasteiger partial charge is 0.491 e. The number of carbonyl (C=O) groups excluding carboxylic acids is 1. The lowest BCUT2D eigenvalue weighted by Gasteiger charge is -2.20. The maximum Gasteiger partial charge on any atom is 0.317 e. The Morgan fingerprint density at radius 3 is 2.73 bits per heavy atom. The Labute approximate surface area is 152 Å². The molecule has 0 bridgehead atoms. The Balaban J connectivity index is 1.77. The van der Waals surface area contributed by atoms with Gasteiger partial charge in [-0.25, -0.2) is 4.79 Å². The normalized spacial score (nSPS) is 16.9. The Morgan fingerprint density at radius 2 is 2.04 bits per heavy atom. The van der Waals surface area contributed by atoms with Crippen molar-refractivity contribution in [1.29, 1.82) is 0 Å². The third kappa shape index (κ3) is 3.90. The van der Waals surface area contributed by atoms with Crippen molar-refractivity contribution in [1.82, 2.24) is 10.2 Å². The maximum atomic E-state index is 12.4. The number of carboxylic acids is 1. The van der Waals surface area contributed by atoms with Crippen molar-refractivity contribution in [2.45, 2.75) is 32.9 Å². The average molecular weight is 356 g/mol. The van der Waals surface area contributed by atoms with Crippen LogP contribution in [0.25, 0.3) is 10.8 Å². The summed E-state index contributed by atoms with van der Waals surface area (Å²) in [5.74, 6) is -0.566. The summed E-state index contributed by atoms with van der Waals surface area (Å²) in [6.07, 6.45) is 0.527. The van der Waals surface area contributed by atoms with Crippen molar-refractivity contribution >= 4 is 22.8 Å². The molecule has 26 heavy (non-hydrogen) atoms. The van der Waals surface area contributed by atoms with Crippen molar-refractivity contribution in [3.63, 3.8) is 0 Å². The quantitative estimate of drug-likeness (QED) is 0.862. The Morgan fingerprint density at radius 1 is 1.27 bits per heavy atom. The topological polar surface area (TPSA) is 78.9 Å². The molecule has 0 spiro atoms. The lowest BCUT2D eigenvalue weighted by molar-refractivity contribution is -0.141. The molecule has 6 nitrogen and oxygen atoms in total. The molecule has 1 heterocycles. The standard InChI is InChI=1S/C20H24N2O4/c1-13(2)26-18-8-7-14-5-3-4-6-16(14)17(18)11-21-20(25)22-10-9-15(12-22)19(23)24/h3-8,13,15H,9-12H2,1-2H3,(H,21,25)(H,23,24). The van der Waals surface area contributed by atoms with Gasteiger partial charge in [0.1, 0.15) is 5.75 Å². The number of hydrogen-bond donors (Lipinski definition) is 2. The highest BCUT2D eigenvalue weighted by atomic mass is 16.5. The number of ether oxygens (including phenoxy) is 1. The second-order valence-electron chi connectivity index (χ2n) is 6.86. The first-order valence-electron chi connectivity index (χ1n) is 8.88. The number of hydrogen-bond acceptors (Lipinski definition) is 3. The van der Waals surface area contributed by atoms with E-state index in [4.69, 9.17) is 9.84 Å². The smallest absolute Gasteiger partial charge is 0.317 e. The highest BCUT2D eigenvalue weighted by Gasteiger charge is 2.30. The van der Waals surface area contributed by atoms with Crippen LogP contribution in [-0.2, 0) is 11.3 Å². The second-order valence-corrected chi connectivity index (χ2v) is 6.86. The van der Waals surface area contributed by atoms with Gasteiger partial charge in [-0.05, 0) is 37.1 Å². The van der Waals surface area contributed by atoms with Crippen LogP contribution in [0.3, 0.4) is 0 Å². The van der Waals surface area contributed by atoms with Gasteiger partial charge in [0.05, 0.1) is 12.0 Å². The van der Waals surface area contributed by atoms with Gasteiger partial charge in [-0.3, -0.25) is 4.79 Å². The number of fused-ring (bicyclic) bond motifs is 1. The molecule has 2 aromatic carbocycles. The van der Waals surface area contributed by atoms with E-state index >= 15 is 0 Å². The first-order chi connectivity index (χ1) is 12.5. The molecule has 0 saturated carbocycles. The fourth-order valence-electron chi connectivity index (χ4n) is 3.28. The van der Waals surface area contributed by atoms with Gasteiger partial charge >= 0.3 is 12.0 Å². The number of nitrogens with one attached hydrogen (secondary N) is 1. The maximum absolute atomic E-state index is 12.4. The molecule has 1 aliphatic heterocycles. The van der Waals surface area contributed by atoms with E-state index in [9.17, 15) is 9.59 Å². The summed E-state index contributed by atoms with van der Waals surface area (Å²) < 4.78 is 5.92. The van der Waals surface area contributed by atoms with Gasteiger partial charge in [-0.15, -0.1) is 0 Å². The first kappa shape index (κ1) is 18.0. The monoisotopic (exact) mass is 356 g/mol. The average Bonchev–Trinajstić information content (AvgIpc) is 3.10. The molecule has 2 N–H and O–H groups in total. The van der Waals surface area contributed by atoms with Gasteiger partial charge in [0.2, 0.25) is 0 Å². The number of nitrogens with zero attached hydrogens (tertiary/aromatic N) is 1. The molecule has 138 valence electrons. The molecule has 6 heteroatoms. The zero-order chi connectivity index (χ0) is 18.7. The Bertz CT molecular complexity index is 819. The van der Waals surface area contributed by atoms with E-state index in [1.807, 2.05) is 50.2 Å². The van der Waals surface area contributed by atoms with Crippen LogP contribution in [0.1, 0.15) is 25.8 Å². The van der Waals surface area contributed by atoms with E-state index in [1.165, 1.54) is 0 Å². The van der Waals surface area contributed by atoms with Crippen molar-refractivity contribution in [3.8, 4) is 5.75 Å². The Hall–Kier alpha value is -2.76. The number of amides is 2. The minimum Gasteiger partial charge on any atom is -0.491 e. The van der Waals surface area contributed by atoms with Crippen molar-refractivity contribution < 1.29 is 19.4 Å². The second kappa shape index (κ2) is 7.64. The van der Waals surface area contributed by atoms with E-state index in [0.29, 0.717) is 19.5 Å². The molecular weight excluding hydrogens is 332 g/mol. The lowest BCUT2D eigenvalue weighted by Crippen LogP contribution is -2.38. The fraction of sp³-hybridized carbons (Fsp3) is 0.400. The third-order valence-electron chi connectivity index (χ3n) is 4.60. The molecule has 0 aliphatic carbocycles. The summed E-state index contributed by atoms with van der Waals surface area (Å²) in [4.78, 5) is 25.1. The molecule has 2 aromatic rings. The number of rotatable bonds is 5. The zero-order valence-electron chi connectivity index (χ0n) is 15.1. The van der Waals surface area contributed by atoms with Gasteiger partial charge in [-0.2, -0.15) is 0 Å². The van der Waals surface area contributed by atoms with Crippen LogP contribution < -0.4 is 10.1 Å². The van der Waals surface area contributed by atoms with Gasteiger partial charge in [0, 0.05) is 25.2 Å². The van der Waals surface area contributed by atoms with Crippen LogP contribution in [0, 0.1) is 5.92 Å². The van der Waals surface area contributed by atoms with Crippen LogP contribution in [0.4, 0.5) is 4.79 Å². The van der Waals surface area contributed by atoms with Gasteiger partial charge < -0.3 is 20.1 Å². The van der Waals surface area contributed by atoms with Crippen LogP contribution in [0.15, 0.2) is 36.4 Å². The number of urea groups is 1. The fourth-order valence-corrected chi connectivity index (χ4v) is 3.28. The molecule has 1 fully saturated rings. The highest BCUT2D eigenvalue weighted by molar-refractivity contribution is 5.88. The molecule has 1 atom stereocenters. The third-order valence-corrected chi connectivity index (χ3v) is 4.60. The Kier molecular flexibility index (Phi) is 5.30. The van der Waals surface area contributed by atoms with Gasteiger partial charge in [-0.1, -0.05) is 30.3 Å². The van der Waals surface area contributed by atoms with Crippen molar-refractivity contribution in [2.75, 3.05) is 13.1 Å². The number of likely N-dealkylation sites (tertiary alicyclic amines) is 1. The van der Waals surface area contributed by atoms with E-state index in [0.717, 1.165) is 22.1 Å². The SMILES string of the molecule is CC(C)Oc1ccc2ccccc2c1CNC(=O)N1CCC(C(=O)O)C1. The summed E-state index contributed by atoms with van der Waals surface area (Å²) in [6.45, 7) is 4.98. The summed E-state index contributed by atoms with van der Waals surface area (Å²) in [6, 6.07) is 11.7. The van der Waals surface area contributed by atoms with E-state index in [-0.39, 0.29) is 18.7 Å². The lowest BCUT2D eigenvalue weighted by atomic mass is 10.0. The molecule has 3 rings (SSSR count). The molecule has 0 radical (unpaired) electrons. The summed E-state index contributed by atoms with van der Waals surface area (Å²) in [5.41, 5.74) is 0.930. The number of carboxylic acid groups (broad SMARTS) is 1. The van der Waals surface area contributed by atoms with Gasteiger partial charge in [0.25, 0.3) is 0 Å². The van der Waals surface area contributed by atoms with E-state index < -0.39 is 11.9 Å². The first-order valence-corrected chi connectivity index (χ1v) is 8.88.